The summed E-state index contributed by atoms with van der Waals surface area (Å²) < 4.78 is 29.0. The number of hydrogen-bond acceptors (Lipinski definition) is 8. The SMILES string of the molecule is CCCCCCCCCCCCCCCCCCOC[C@H](CO)OC(=O)c1ccccc1.CCCCCCCCCCCCCCCCCCOC[C@H](CO[Si](C)(C)C(C)(C)C)OC(=O)c1ccccc1. The van der Waals surface area contributed by atoms with Crippen LogP contribution >= 0.6 is 0 Å². The van der Waals surface area contributed by atoms with Crippen LogP contribution in [0.4, 0.5) is 0 Å². The Labute approximate surface area is 438 Å². The molecule has 0 aliphatic rings. The monoisotopic (exact) mass is 1010 g/mol. The lowest BCUT2D eigenvalue weighted by Crippen LogP contribution is -2.44. The number of hydrogen-bond donors (Lipinski definition) is 1. The average Bonchev–Trinajstić information content (AvgIpc) is 3.37. The molecule has 0 aliphatic heterocycles. The highest BCUT2D eigenvalue weighted by Crippen LogP contribution is 2.36. The zero-order valence-electron chi connectivity index (χ0n) is 47.1. The number of esters is 2. The number of carbonyl (C=O) groups excluding carboxylic acids is 2. The summed E-state index contributed by atoms with van der Waals surface area (Å²) in [5, 5.41) is 9.51. The topological polar surface area (TPSA) is 101 Å². The van der Waals surface area contributed by atoms with Crippen molar-refractivity contribution in [3.05, 3.63) is 71.8 Å². The Morgan fingerprint density at radius 2 is 0.718 bits per heavy atom. The van der Waals surface area contributed by atoms with Crippen LogP contribution in [0, 0.1) is 0 Å². The van der Waals surface area contributed by atoms with Crippen molar-refractivity contribution in [2.45, 2.75) is 270 Å². The molecule has 0 aliphatic carbocycles. The van der Waals surface area contributed by atoms with Gasteiger partial charge >= 0.3 is 11.9 Å². The van der Waals surface area contributed by atoms with E-state index in [4.69, 9.17) is 23.4 Å². The van der Waals surface area contributed by atoms with Gasteiger partial charge in [-0.3, -0.25) is 0 Å². The summed E-state index contributed by atoms with van der Waals surface area (Å²) in [6.45, 7) is 17.8. The summed E-state index contributed by atoms with van der Waals surface area (Å²) in [6, 6.07) is 18.0. The normalized spacial score (nSPS) is 12.6. The van der Waals surface area contributed by atoms with E-state index < -0.39 is 26.5 Å². The molecule has 0 bridgehead atoms. The second-order valence-corrected chi connectivity index (χ2v) is 26.6. The van der Waals surface area contributed by atoms with E-state index >= 15 is 0 Å². The largest absolute Gasteiger partial charge is 0.454 e. The van der Waals surface area contributed by atoms with Crippen LogP contribution in [0.25, 0.3) is 0 Å². The van der Waals surface area contributed by atoms with Crippen molar-refractivity contribution in [1.29, 1.82) is 0 Å². The maximum absolute atomic E-state index is 12.6. The first kappa shape index (κ1) is 66.5. The van der Waals surface area contributed by atoms with Crippen LogP contribution in [-0.2, 0) is 23.4 Å². The quantitative estimate of drug-likeness (QED) is 0.0398. The number of ether oxygens (including phenoxy) is 4. The van der Waals surface area contributed by atoms with E-state index in [1.54, 1.807) is 36.4 Å². The van der Waals surface area contributed by atoms with Gasteiger partial charge in [-0.15, -0.1) is 0 Å². The molecule has 0 saturated heterocycles. The highest BCUT2D eigenvalue weighted by molar-refractivity contribution is 6.74. The molecule has 9 heteroatoms. The molecule has 0 spiro atoms. The van der Waals surface area contributed by atoms with Crippen molar-refractivity contribution in [2.24, 2.45) is 0 Å². The molecule has 0 unspecified atom stereocenters. The molecule has 410 valence electrons. The fourth-order valence-electron chi connectivity index (χ4n) is 8.28. The van der Waals surface area contributed by atoms with Gasteiger partial charge < -0.3 is 28.5 Å². The van der Waals surface area contributed by atoms with Crippen molar-refractivity contribution in [2.75, 3.05) is 39.6 Å². The molecular weight excluding hydrogens is 901 g/mol. The molecule has 2 atom stereocenters. The van der Waals surface area contributed by atoms with Gasteiger partial charge in [0.15, 0.2) is 8.32 Å². The van der Waals surface area contributed by atoms with Gasteiger partial charge in [-0.05, 0) is 55.2 Å². The number of rotatable bonds is 46. The van der Waals surface area contributed by atoms with Crippen molar-refractivity contribution < 1.29 is 38.1 Å². The van der Waals surface area contributed by atoms with Crippen LogP contribution in [0.15, 0.2) is 60.7 Å². The number of carbonyl (C=O) groups is 2. The first-order valence-electron chi connectivity index (χ1n) is 29.4. The summed E-state index contributed by atoms with van der Waals surface area (Å²) in [4.78, 5) is 24.7. The Hall–Kier alpha value is -2.56. The summed E-state index contributed by atoms with van der Waals surface area (Å²) in [7, 11) is -1.94. The number of aliphatic hydroxyl groups is 1. The first-order valence-corrected chi connectivity index (χ1v) is 32.3. The number of aliphatic hydroxyl groups excluding tert-OH is 1. The van der Waals surface area contributed by atoms with Crippen LogP contribution in [0.2, 0.25) is 18.1 Å². The van der Waals surface area contributed by atoms with E-state index in [0.717, 1.165) is 12.8 Å². The molecule has 0 saturated carbocycles. The first-order chi connectivity index (χ1) is 34.4. The third-order valence-corrected chi connectivity index (χ3v) is 18.6. The molecule has 8 nitrogen and oxygen atoms in total. The molecule has 0 aromatic heterocycles. The van der Waals surface area contributed by atoms with Gasteiger partial charge in [0.05, 0.1) is 37.6 Å². The van der Waals surface area contributed by atoms with Gasteiger partial charge in [-0.25, -0.2) is 9.59 Å². The lowest BCUT2D eigenvalue weighted by Gasteiger charge is -2.37. The van der Waals surface area contributed by atoms with Crippen LogP contribution in [0.5, 0.6) is 0 Å². The molecule has 2 aromatic rings. The fraction of sp³-hybridized carbons (Fsp3) is 0.774. The maximum Gasteiger partial charge on any atom is 0.338 e. The molecule has 71 heavy (non-hydrogen) atoms. The molecule has 2 aromatic carbocycles. The Kier molecular flexibility index (Phi) is 43.1. The van der Waals surface area contributed by atoms with E-state index in [-0.39, 0.29) is 24.2 Å². The van der Waals surface area contributed by atoms with Crippen LogP contribution in [-0.4, -0.2) is 77.2 Å². The third-order valence-electron chi connectivity index (χ3n) is 14.1. The summed E-state index contributed by atoms with van der Waals surface area (Å²) in [6.07, 6.45) is 42.4. The maximum atomic E-state index is 12.6. The molecule has 0 heterocycles. The van der Waals surface area contributed by atoms with Gasteiger partial charge in [-0.2, -0.15) is 0 Å². The van der Waals surface area contributed by atoms with Gasteiger partial charge in [-0.1, -0.05) is 264 Å². The average molecular weight is 1010 g/mol. The molecule has 0 fully saturated rings. The van der Waals surface area contributed by atoms with Crippen molar-refractivity contribution in [3.8, 4) is 0 Å². The number of unbranched alkanes of at least 4 members (excludes halogenated alkanes) is 30. The highest BCUT2D eigenvalue weighted by atomic mass is 28.4. The van der Waals surface area contributed by atoms with E-state index in [1.807, 2.05) is 24.3 Å². The summed E-state index contributed by atoms with van der Waals surface area (Å²) >= 11 is 0. The van der Waals surface area contributed by atoms with E-state index in [0.29, 0.717) is 37.6 Å². The van der Waals surface area contributed by atoms with Gasteiger partial charge in [0.2, 0.25) is 0 Å². The predicted molar refractivity (Wildman–Crippen MR) is 302 cm³/mol. The smallest absolute Gasteiger partial charge is 0.338 e. The molecular formula is C62H110O8Si. The van der Waals surface area contributed by atoms with E-state index in [2.05, 4.69) is 47.7 Å². The van der Waals surface area contributed by atoms with E-state index in [9.17, 15) is 14.7 Å². The van der Waals surface area contributed by atoms with Gasteiger partial charge in [0.1, 0.15) is 12.2 Å². The third kappa shape index (κ3) is 38.6. The van der Waals surface area contributed by atoms with Crippen LogP contribution in [0.1, 0.15) is 261 Å². The Morgan fingerprint density at radius 3 is 1.01 bits per heavy atom. The van der Waals surface area contributed by atoms with Crippen LogP contribution in [0.3, 0.4) is 0 Å². The van der Waals surface area contributed by atoms with Gasteiger partial charge in [0.25, 0.3) is 0 Å². The van der Waals surface area contributed by atoms with Crippen molar-refractivity contribution in [3.63, 3.8) is 0 Å². The lowest BCUT2D eigenvalue weighted by molar-refractivity contribution is -0.0243. The Morgan fingerprint density at radius 1 is 0.437 bits per heavy atom. The van der Waals surface area contributed by atoms with E-state index in [1.165, 1.54) is 193 Å². The second kappa shape index (κ2) is 46.0. The Bertz CT molecular complexity index is 1460. The summed E-state index contributed by atoms with van der Waals surface area (Å²) in [5.41, 5.74) is 1.05. The molecule has 2 rings (SSSR count). The zero-order chi connectivity index (χ0) is 51.9. The Balaban J connectivity index is 0.000000724. The van der Waals surface area contributed by atoms with Crippen molar-refractivity contribution in [1.82, 2.24) is 0 Å². The fourth-order valence-corrected chi connectivity index (χ4v) is 9.31. The van der Waals surface area contributed by atoms with Crippen molar-refractivity contribution >= 4 is 20.3 Å². The molecule has 1 N–H and O–H groups in total. The second-order valence-electron chi connectivity index (χ2n) is 21.8. The standard InChI is InChI=1S/C34H62O4Si.C28H48O4/c1-7-8-9-10-11-12-13-14-15-16-17-18-19-20-21-25-28-36-29-32(30-37-39(5,6)34(2,3)4)38-33(35)31-26-23-22-24-27-31;1-2-3-4-5-6-7-8-9-10-11-12-13-14-15-16-20-23-31-25-27(24-29)32-28(30)26-21-18-17-19-22-26/h22-24,26-27,32H,7-21,25,28-30H2,1-6H3;17-19,21-22,27,29H,2-16,20,23-25H2,1H3/t32-;27-/m10/s1. The lowest BCUT2D eigenvalue weighted by atomic mass is 10.0. The summed E-state index contributed by atoms with van der Waals surface area (Å²) in [5.74, 6) is -0.735. The molecule has 0 amide bonds. The minimum absolute atomic E-state index is 0.107. The predicted octanol–water partition coefficient (Wildman–Crippen LogP) is 18.0. The van der Waals surface area contributed by atoms with Crippen LogP contribution < -0.4 is 0 Å². The molecule has 0 radical (unpaired) electrons. The minimum atomic E-state index is -1.94. The highest BCUT2D eigenvalue weighted by Gasteiger charge is 2.38. The minimum Gasteiger partial charge on any atom is -0.454 e. The zero-order valence-corrected chi connectivity index (χ0v) is 48.1. The van der Waals surface area contributed by atoms with Gasteiger partial charge in [0, 0.05) is 13.2 Å². The number of benzene rings is 2.